The summed E-state index contributed by atoms with van der Waals surface area (Å²) < 4.78 is 37.8. The Labute approximate surface area is 151 Å². The van der Waals surface area contributed by atoms with Crippen LogP contribution >= 0.6 is 15.9 Å². The van der Waals surface area contributed by atoms with Crippen molar-refractivity contribution < 1.29 is 22.8 Å². The van der Waals surface area contributed by atoms with E-state index in [2.05, 4.69) is 21.2 Å². The third-order valence-corrected chi connectivity index (χ3v) is 5.39. The van der Waals surface area contributed by atoms with Crippen LogP contribution in [-0.4, -0.2) is 37.5 Å². The molecule has 1 aromatic rings. The molecule has 0 aliphatic carbocycles. The number of anilines is 1. The summed E-state index contributed by atoms with van der Waals surface area (Å²) in [5.41, 5.74) is 0.807. The molecule has 1 spiro atoms. The summed E-state index contributed by atoms with van der Waals surface area (Å²) in [4.78, 5) is 26.5. The fourth-order valence-electron chi connectivity index (χ4n) is 3.64. The Morgan fingerprint density at radius 1 is 1.28 bits per heavy atom. The van der Waals surface area contributed by atoms with Gasteiger partial charge in [-0.25, -0.2) is 0 Å². The van der Waals surface area contributed by atoms with Crippen LogP contribution in [0.1, 0.15) is 31.2 Å². The molecule has 0 unspecified atom stereocenters. The highest BCUT2D eigenvalue weighted by Crippen LogP contribution is 2.47. The summed E-state index contributed by atoms with van der Waals surface area (Å²) in [6.07, 6.45) is -4.90. The number of hydrogen-bond acceptors (Lipinski definition) is 3. The topological polar surface area (TPSA) is 49.4 Å². The predicted molar refractivity (Wildman–Crippen MR) is 90.6 cm³/mol. The molecule has 2 heterocycles. The lowest BCUT2D eigenvalue weighted by atomic mass is 9.74. The minimum absolute atomic E-state index is 0.178. The van der Waals surface area contributed by atoms with Crippen molar-refractivity contribution in [3.8, 4) is 0 Å². The number of amides is 1. The smallest absolute Gasteiger partial charge is 0.317 e. The highest BCUT2D eigenvalue weighted by molar-refractivity contribution is 9.10. The second-order valence-corrected chi connectivity index (χ2v) is 7.45. The van der Waals surface area contributed by atoms with Gasteiger partial charge in [0.15, 0.2) is 5.78 Å². The van der Waals surface area contributed by atoms with Crippen molar-refractivity contribution in [2.24, 2.45) is 0 Å². The normalized spacial score (nSPS) is 19.4. The average molecular weight is 419 g/mol. The van der Waals surface area contributed by atoms with E-state index in [1.54, 1.807) is 12.1 Å². The summed E-state index contributed by atoms with van der Waals surface area (Å²) in [6.45, 7) is 1.07. The maximum Gasteiger partial charge on any atom is 0.389 e. The van der Waals surface area contributed by atoms with E-state index >= 15 is 0 Å². The molecule has 8 heteroatoms. The van der Waals surface area contributed by atoms with Gasteiger partial charge >= 0.3 is 6.18 Å². The summed E-state index contributed by atoms with van der Waals surface area (Å²) in [7, 11) is 0. The standard InChI is InChI=1S/C17H18BrF3N2O2/c18-11-1-2-14-13(9-11)16(5-7-22-8-6-16)15(25)23(14)10-12(24)3-4-17(19,20)21/h1-2,9,22H,3-8,10H2. The number of halogens is 4. The van der Waals surface area contributed by atoms with Crippen molar-refractivity contribution in [3.05, 3.63) is 28.2 Å². The van der Waals surface area contributed by atoms with E-state index in [1.165, 1.54) is 4.90 Å². The molecule has 1 aromatic carbocycles. The molecule has 2 aliphatic heterocycles. The van der Waals surface area contributed by atoms with Gasteiger partial charge in [0.05, 0.1) is 18.4 Å². The van der Waals surface area contributed by atoms with Gasteiger partial charge in [-0.2, -0.15) is 13.2 Å². The Morgan fingerprint density at radius 2 is 1.96 bits per heavy atom. The van der Waals surface area contributed by atoms with E-state index in [9.17, 15) is 22.8 Å². The second-order valence-electron chi connectivity index (χ2n) is 6.54. The van der Waals surface area contributed by atoms with Gasteiger partial charge in [-0.05, 0) is 49.7 Å². The Morgan fingerprint density at radius 3 is 2.60 bits per heavy atom. The number of nitrogens with one attached hydrogen (secondary N) is 1. The molecular weight excluding hydrogens is 401 g/mol. The van der Waals surface area contributed by atoms with Crippen molar-refractivity contribution in [3.63, 3.8) is 0 Å². The van der Waals surface area contributed by atoms with E-state index in [4.69, 9.17) is 0 Å². The van der Waals surface area contributed by atoms with Gasteiger partial charge < -0.3 is 10.2 Å². The first-order chi connectivity index (χ1) is 11.7. The first kappa shape index (κ1) is 18.4. The molecule has 1 N–H and O–H groups in total. The van der Waals surface area contributed by atoms with Gasteiger partial charge in [0.1, 0.15) is 0 Å². The van der Waals surface area contributed by atoms with Crippen LogP contribution in [0.2, 0.25) is 0 Å². The van der Waals surface area contributed by atoms with Gasteiger partial charge in [0, 0.05) is 16.6 Å². The van der Waals surface area contributed by atoms with Crippen LogP contribution in [0.15, 0.2) is 22.7 Å². The Hall–Kier alpha value is -1.41. The van der Waals surface area contributed by atoms with E-state index in [0.29, 0.717) is 31.6 Å². The Bertz CT molecular complexity index is 700. The van der Waals surface area contributed by atoms with Crippen molar-refractivity contribution in [2.45, 2.75) is 37.3 Å². The van der Waals surface area contributed by atoms with Crippen LogP contribution in [0.3, 0.4) is 0 Å². The number of fused-ring (bicyclic) bond motifs is 2. The molecule has 1 amide bonds. The number of rotatable bonds is 4. The molecule has 0 bridgehead atoms. The number of Topliss-reactive ketones (excluding diaryl/α,β-unsaturated/α-hetero) is 1. The zero-order chi connectivity index (χ0) is 18.2. The van der Waals surface area contributed by atoms with Crippen LogP contribution in [0.25, 0.3) is 0 Å². The third-order valence-electron chi connectivity index (χ3n) is 4.90. The molecule has 0 atom stereocenters. The number of piperidine rings is 1. The van der Waals surface area contributed by atoms with E-state index in [-0.39, 0.29) is 12.5 Å². The SMILES string of the molecule is O=C(CCC(F)(F)F)CN1C(=O)C2(CCNCC2)c2cc(Br)ccc21. The molecule has 1 saturated heterocycles. The molecule has 0 aromatic heterocycles. The minimum Gasteiger partial charge on any atom is -0.317 e. The lowest BCUT2D eigenvalue weighted by molar-refractivity contribution is -0.142. The zero-order valence-electron chi connectivity index (χ0n) is 13.5. The number of benzene rings is 1. The number of ketones is 1. The van der Waals surface area contributed by atoms with Crippen LogP contribution in [0, 0.1) is 0 Å². The predicted octanol–water partition coefficient (Wildman–Crippen LogP) is 3.33. The first-order valence-corrected chi connectivity index (χ1v) is 8.93. The van der Waals surface area contributed by atoms with Crippen LogP contribution < -0.4 is 10.2 Å². The Balaban J connectivity index is 1.86. The lowest BCUT2D eigenvalue weighted by Gasteiger charge is -2.33. The Kier molecular flexibility index (Phi) is 4.94. The molecular formula is C17H18BrF3N2O2. The number of carbonyl (C=O) groups excluding carboxylic acids is 2. The van der Waals surface area contributed by atoms with Gasteiger partial charge in [-0.1, -0.05) is 15.9 Å². The number of alkyl halides is 3. The van der Waals surface area contributed by atoms with Crippen LogP contribution in [0.5, 0.6) is 0 Å². The van der Waals surface area contributed by atoms with Crippen LogP contribution in [-0.2, 0) is 15.0 Å². The fraction of sp³-hybridized carbons (Fsp3) is 0.529. The molecule has 3 rings (SSSR count). The largest absolute Gasteiger partial charge is 0.389 e. The molecule has 0 radical (unpaired) electrons. The lowest BCUT2D eigenvalue weighted by Crippen LogP contribution is -2.48. The fourth-order valence-corrected chi connectivity index (χ4v) is 4.00. The van der Waals surface area contributed by atoms with Gasteiger partial charge in [-0.15, -0.1) is 0 Å². The first-order valence-electron chi connectivity index (χ1n) is 8.14. The number of hydrogen-bond donors (Lipinski definition) is 1. The summed E-state index contributed by atoms with van der Waals surface area (Å²) in [5.74, 6) is -0.756. The van der Waals surface area contributed by atoms with Crippen molar-refractivity contribution in [1.82, 2.24) is 5.32 Å². The summed E-state index contributed by atoms with van der Waals surface area (Å²) >= 11 is 3.41. The van der Waals surface area contributed by atoms with Crippen molar-refractivity contribution in [2.75, 3.05) is 24.5 Å². The van der Waals surface area contributed by atoms with E-state index in [1.807, 2.05) is 6.07 Å². The summed E-state index contributed by atoms with van der Waals surface area (Å²) in [6, 6.07) is 5.42. The number of carbonyl (C=O) groups is 2. The maximum atomic E-state index is 13.1. The maximum absolute atomic E-state index is 13.1. The quantitative estimate of drug-likeness (QED) is 0.815. The highest BCUT2D eigenvalue weighted by atomic mass is 79.9. The molecule has 25 heavy (non-hydrogen) atoms. The van der Waals surface area contributed by atoms with Gasteiger partial charge in [0.2, 0.25) is 5.91 Å². The molecule has 0 saturated carbocycles. The molecule has 1 fully saturated rings. The monoisotopic (exact) mass is 418 g/mol. The second kappa shape index (κ2) is 6.72. The third kappa shape index (κ3) is 3.60. The average Bonchev–Trinajstić information content (AvgIpc) is 2.76. The highest BCUT2D eigenvalue weighted by Gasteiger charge is 2.51. The molecule has 4 nitrogen and oxygen atoms in total. The van der Waals surface area contributed by atoms with Gasteiger partial charge in [-0.3, -0.25) is 9.59 Å². The van der Waals surface area contributed by atoms with Gasteiger partial charge in [0.25, 0.3) is 0 Å². The van der Waals surface area contributed by atoms with E-state index < -0.39 is 30.2 Å². The summed E-state index contributed by atoms with van der Waals surface area (Å²) in [5, 5.41) is 3.22. The zero-order valence-corrected chi connectivity index (χ0v) is 15.0. The van der Waals surface area contributed by atoms with E-state index in [0.717, 1.165) is 10.0 Å². The molecule has 2 aliphatic rings. The molecule has 136 valence electrons. The van der Waals surface area contributed by atoms with Crippen molar-refractivity contribution >= 4 is 33.3 Å². The minimum atomic E-state index is -4.37. The van der Waals surface area contributed by atoms with Crippen molar-refractivity contribution in [1.29, 1.82) is 0 Å². The van der Waals surface area contributed by atoms with Crippen LogP contribution in [0.4, 0.5) is 18.9 Å². The number of nitrogens with zero attached hydrogens (tertiary/aromatic N) is 1.